The van der Waals surface area contributed by atoms with Crippen LogP contribution in [0.2, 0.25) is 0 Å². The van der Waals surface area contributed by atoms with Crippen LogP contribution in [0.5, 0.6) is 0 Å². The standard InChI is InChI=1S/C20H30N4O5S/c1-3-12(2)17(19(27)23-15(11-30)20(28)29)24-16(25)10-22-18(26)14(21)9-13-7-5-4-6-8-13/h4-8,12,14-15,17,30H,3,9-11,21H2,1-2H3,(H,22,26)(H,23,27)(H,24,25)(H,28,29). The molecule has 9 nitrogen and oxygen atoms in total. The van der Waals surface area contributed by atoms with Gasteiger partial charge in [-0.1, -0.05) is 50.6 Å². The molecule has 0 aromatic heterocycles. The third-order valence-electron chi connectivity index (χ3n) is 4.67. The van der Waals surface area contributed by atoms with Crippen molar-refractivity contribution in [2.24, 2.45) is 11.7 Å². The van der Waals surface area contributed by atoms with E-state index in [4.69, 9.17) is 10.8 Å². The highest BCUT2D eigenvalue weighted by atomic mass is 32.1. The molecule has 0 aliphatic rings. The van der Waals surface area contributed by atoms with Gasteiger partial charge in [-0.3, -0.25) is 14.4 Å². The Morgan fingerprint density at radius 2 is 1.73 bits per heavy atom. The highest BCUT2D eigenvalue weighted by Crippen LogP contribution is 2.09. The van der Waals surface area contributed by atoms with Crippen molar-refractivity contribution >= 4 is 36.3 Å². The first-order chi connectivity index (χ1) is 14.2. The fourth-order valence-corrected chi connectivity index (χ4v) is 2.88. The molecular formula is C20H30N4O5S. The maximum absolute atomic E-state index is 12.5. The van der Waals surface area contributed by atoms with Gasteiger partial charge >= 0.3 is 5.97 Å². The fraction of sp³-hybridized carbons (Fsp3) is 0.500. The second-order valence-electron chi connectivity index (χ2n) is 7.03. The summed E-state index contributed by atoms with van der Waals surface area (Å²) in [5.41, 5.74) is 6.78. The Morgan fingerprint density at radius 1 is 1.10 bits per heavy atom. The Kier molecular flexibility index (Phi) is 10.9. The van der Waals surface area contributed by atoms with Gasteiger partial charge in [-0.05, 0) is 17.9 Å². The summed E-state index contributed by atoms with van der Waals surface area (Å²) >= 11 is 3.91. The highest BCUT2D eigenvalue weighted by molar-refractivity contribution is 7.80. The second-order valence-corrected chi connectivity index (χ2v) is 7.39. The van der Waals surface area contributed by atoms with Gasteiger partial charge in [-0.25, -0.2) is 4.79 Å². The number of nitrogens with one attached hydrogen (secondary N) is 3. The number of nitrogens with two attached hydrogens (primary N) is 1. The fourth-order valence-electron chi connectivity index (χ4n) is 2.63. The number of rotatable bonds is 12. The van der Waals surface area contributed by atoms with Gasteiger partial charge in [-0.15, -0.1) is 0 Å². The monoisotopic (exact) mass is 438 g/mol. The van der Waals surface area contributed by atoms with E-state index in [9.17, 15) is 19.2 Å². The lowest BCUT2D eigenvalue weighted by molar-refractivity contribution is -0.141. The summed E-state index contributed by atoms with van der Waals surface area (Å²) in [6.07, 6.45) is 0.901. The number of aliphatic carboxylic acids is 1. The lowest BCUT2D eigenvalue weighted by Gasteiger charge is -2.25. The third-order valence-corrected chi connectivity index (χ3v) is 5.03. The van der Waals surface area contributed by atoms with Crippen LogP contribution in [0.1, 0.15) is 25.8 Å². The first-order valence-electron chi connectivity index (χ1n) is 9.70. The van der Waals surface area contributed by atoms with Crippen LogP contribution in [0, 0.1) is 5.92 Å². The SMILES string of the molecule is CCC(C)C(NC(=O)CNC(=O)C(N)Cc1ccccc1)C(=O)NC(CS)C(=O)O. The molecular weight excluding hydrogens is 408 g/mol. The zero-order valence-corrected chi connectivity index (χ0v) is 18.0. The second kappa shape index (κ2) is 12.9. The Morgan fingerprint density at radius 3 is 2.27 bits per heavy atom. The van der Waals surface area contributed by atoms with Crippen molar-refractivity contribution in [3.05, 3.63) is 35.9 Å². The van der Waals surface area contributed by atoms with E-state index in [2.05, 4.69) is 28.6 Å². The molecule has 1 aromatic carbocycles. The molecule has 4 atom stereocenters. The zero-order valence-electron chi connectivity index (χ0n) is 17.1. The van der Waals surface area contributed by atoms with Crippen LogP contribution in [0.25, 0.3) is 0 Å². The molecule has 0 fully saturated rings. The van der Waals surface area contributed by atoms with E-state index >= 15 is 0 Å². The number of carbonyl (C=O) groups excluding carboxylic acids is 3. The van der Waals surface area contributed by atoms with E-state index in [1.54, 1.807) is 6.92 Å². The molecule has 0 saturated heterocycles. The van der Waals surface area contributed by atoms with Crippen molar-refractivity contribution in [1.29, 1.82) is 0 Å². The molecule has 1 rings (SSSR count). The van der Waals surface area contributed by atoms with Crippen molar-refractivity contribution in [2.75, 3.05) is 12.3 Å². The number of thiol groups is 1. The summed E-state index contributed by atoms with van der Waals surface area (Å²) in [7, 11) is 0. The smallest absolute Gasteiger partial charge is 0.327 e. The van der Waals surface area contributed by atoms with Crippen LogP contribution >= 0.6 is 12.6 Å². The Bertz CT molecular complexity index is 731. The maximum atomic E-state index is 12.5. The first-order valence-corrected chi connectivity index (χ1v) is 10.3. The van der Waals surface area contributed by atoms with Gasteiger partial charge in [0.1, 0.15) is 12.1 Å². The average Bonchev–Trinajstić information content (AvgIpc) is 2.73. The quantitative estimate of drug-likeness (QED) is 0.247. The van der Waals surface area contributed by atoms with E-state index in [0.29, 0.717) is 12.8 Å². The Balaban J connectivity index is 2.61. The molecule has 1 aromatic rings. The first kappa shape index (κ1) is 25.4. The highest BCUT2D eigenvalue weighted by Gasteiger charge is 2.29. The van der Waals surface area contributed by atoms with Crippen molar-refractivity contribution in [3.8, 4) is 0 Å². The number of carbonyl (C=O) groups is 4. The van der Waals surface area contributed by atoms with Crippen molar-refractivity contribution in [2.45, 2.75) is 44.8 Å². The van der Waals surface area contributed by atoms with E-state index in [-0.39, 0.29) is 18.2 Å². The lowest BCUT2D eigenvalue weighted by Crippen LogP contribution is -2.56. The van der Waals surface area contributed by atoms with Gasteiger partial charge in [0.2, 0.25) is 17.7 Å². The van der Waals surface area contributed by atoms with Gasteiger partial charge < -0.3 is 26.8 Å². The molecule has 0 bridgehead atoms. The van der Waals surface area contributed by atoms with Gasteiger partial charge in [0, 0.05) is 5.75 Å². The number of amides is 3. The summed E-state index contributed by atoms with van der Waals surface area (Å²) in [5, 5.41) is 16.4. The minimum Gasteiger partial charge on any atom is -0.480 e. The molecule has 3 amide bonds. The molecule has 30 heavy (non-hydrogen) atoms. The van der Waals surface area contributed by atoms with Crippen molar-refractivity contribution in [1.82, 2.24) is 16.0 Å². The van der Waals surface area contributed by atoms with Crippen LogP contribution < -0.4 is 21.7 Å². The molecule has 0 radical (unpaired) electrons. The van der Waals surface area contributed by atoms with Crippen LogP contribution in [0.4, 0.5) is 0 Å². The van der Waals surface area contributed by atoms with Crippen LogP contribution in [-0.2, 0) is 25.6 Å². The van der Waals surface area contributed by atoms with E-state index < -0.39 is 41.8 Å². The predicted molar refractivity (Wildman–Crippen MR) is 116 cm³/mol. The minimum atomic E-state index is -1.22. The molecule has 0 heterocycles. The summed E-state index contributed by atoms with van der Waals surface area (Å²) in [4.78, 5) is 48.0. The summed E-state index contributed by atoms with van der Waals surface area (Å²) in [6.45, 7) is 3.25. The molecule has 10 heteroatoms. The van der Waals surface area contributed by atoms with Crippen LogP contribution in [0.15, 0.2) is 30.3 Å². The van der Waals surface area contributed by atoms with Gasteiger partial charge in [0.05, 0.1) is 12.6 Å². The summed E-state index contributed by atoms with van der Waals surface area (Å²) < 4.78 is 0. The largest absolute Gasteiger partial charge is 0.480 e. The average molecular weight is 439 g/mol. The Hall–Kier alpha value is -2.59. The normalized spacial score (nSPS) is 14.7. The molecule has 166 valence electrons. The zero-order chi connectivity index (χ0) is 22.7. The lowest BCUT2D eigenvalue weighted by atomic mass is 9.98. The van der Waals surface area contributed by atoms with Gasteiger partial charge in [0.15, 0.2) is 0 Å². The molecule has 4 unspecified atom stereocenters. The number of benzene rings is 1. The van der Waals surface area contributed by atoms with E-state index in [0.717, 1.165) is 5.56 Å². The van der Waals surface area contributed by atoms with Gasteiger partial charge in [0.25, 0.3) is 0 Å². The van der Waals surface area contributed by atoms with E-state index in [1.165, 1.54) is 0 Å². The van der Waals surface area contributed by atoms with Crippen LogP contribution in [0.3, 0.4) is 0 Å². The summed E-state index contributed by atoms with van der Waals surface area (Å²) in [5.74, 6) is -3.23. The molecule has 0 aliphatic carbocycles. The van der Waals surface area contributed by atoms with Gasteiger partial charge in [-0.2, -0.15) is 12.6 Å². The topological polar surface area (TPSA) is 151 Å². The number of hydrogen-bond acceptors (Lipinski definition) is 6. The molecule has 0 spiro atoms. The molecule has 0 saturated carbocycles. The van der Waals surface area contributed by atoms with Crippen LogP contribution in [-0.4, -0.2) is 59.2 Å². The number of carboxylic acids is 1. The minimum absolute atomic E-state index is 0.0857. The maximum Gasteiger partial charge on any atom is 0.327 e. The van der Waals surface area contributed by atoms with E-state index in [1.807, 2.05) is 37.3 Å². The number of hydrogen-bond donors (Lipinski definition) is 6. The summed E-state index contributed by atoms with van der Waals surface area (Å²) in [6, 6.07) is 6.32. The predicted octanol–water partition coefficient (Wildman–Crippen LogP) is -0.297. The van der Waals surface area contributed by atoms with Crippen molar-refractivity contribution < 1.29 is 24.3 Å². The molecule has 0 aliphatic heterocycles. The van der Waals surface area contributed by atoms with Crippen molar-refractivity contribution in [3.63, 3.8) is 0 Å². The third kappa shape index (κ3) is 8.42. The Labute approximate surface area is 181 Å². The molecule has 6 N–H and O–H groups in total. The number of carboxylic acid groups (broad SMARTS) is 1.